The van der Waals surface area contributed by atoms with Crippen molar-refractivity contribution in [1.29, 1.82) is 0 Å². The molecule has 1 aromatic rings. The number of rotatable bonds is 6. The van der Waals surface area contributed by atoms with Crippen molar-refractivity contribution in [1.82, 2.24) is 0 Å². The maximum Gasteiger partial charge on any atom is 0.331 e. The molecule has 1 atom stereocenters. The van der Waals surface area contributed by atoms with Crippen molar-refractivity contribution in [2.45, 2.75) is 25.9 Å². The largest absolute Gasteiger partial charge is 0.398 e. The first-order valence-corrected chi connectivity index (χ1v) is 8.72. The van der Waals surface area contributed by atoms with Crippen LogP contribution in [-0.4, -0.2) is 22.3 Å². The summed E-state index contributed by atoms with van der Waals surface area (Å²) in [5.74, 6) is 0.353. The molecular weight excluding hydrogens is 228 g/mol. The Morgan fingerprint density at radius 1 is 1.35 bits per heavy atom. The summed E-state index contributed by atoms with van der Waals surface area (Å²) in [4.78, 5) is 0. The van der Waals surface area contributed by atoms with Crippen molar-refractivity contribution in [2.75, 3.05) is 13.7 Å². The first-order chi connectivity index (χ1) is 8.00. The summed E-state index contributed by atoms with van der Waals surface area (Å²) in [7, 11) is -0.210. The molecule has 94 valence electrons. The molecule has 0 bridgehead atoms. The summed E-state index contributed by atoms with van der Waals surface area (Å²) in [6.45, 7) is 10.8. The van der Waals surface area contributed by atoms with E-state index >= 15 is 0 Å². The van der Waals surface area contributed by atoms with Crippen molar-refractivity contribution in [3.63, 3.8) is 0 Å². The molecule has 0 aliphatic heterocycles. The van der Waals surface area contributed by atoms with Crippen molar-refractivity contribution in [3.05, 3.63) is 42.0 Å². The highest BCUT2D eigenvalue weighted by Gasteiger charge is 2.23. The Morgan fingerprint density at radius 3 is 2.59 bits per heavy atom. The van der Waals surface area contributed by atoms with Gasteiger partial charge in [0.1, 0.15) is 0 Å². The molecule has 1 unspecified atom stereocenters. The van der Waals surface area contributed by atoms with Crippen LogP contribution in [0.5, 0.6) is 0 Å². The average molecular weight is 250 g/mol. The highest BCUT2D eigenvalue weighted by Crippen LogP contribution is 2.22. The fourth-order valence-electron chi connectivity index (χ4n) is 1.62. The van der Waals surface area contributed by atoms with Crippen LogP contribution in [0.1, 0.15) is 24.0 Å². The third-order valence-electron chi connectivity index (χ3n) is 2.92. The Kier molecular flexibility index (Phi) is 5.12. The molecule has 0 saturated carbocycles. The van der Waals surface area contributed by atoms with E-state index in [1.807, 2.05) is 12.1 Å². The summed E-state index contributed by atoms with van der Waals surface area (Å²) in [6.07, 6.45) is 1.89. The predicted molar refractivity (Wildman–Crippen MR) is 75.4 cm³/mol. The van der Waals surface area contributed by atoms with E-state index in [0.29, 0.717) is 12.5 Å². The lowest BCUT2D eigenvalue weighted by Crippen LogP contribution is -2.34. The minimum Gasteiger partial charge on any atom is -0.398 e. The van der Waals surface area contributed by atoms with Gasteiger partial charge in [-0.3, -0.25) is 0 Å². The van der Waals surface area contributed by atoms with Gasteiger partial charge in [0.2, 0.25) is 0 Å². The van der Waals surface area contributed by atoms with Gasteiger partial charge in [-0.15, -0.1) is 0 Å². The van der Waals surface area contributed by atoms with E-state index in [9.17, 15) is 0 Å². The topological polar surface area (TPSA) is 18.5 Å². The van der Waals surface area contributed by atoms with E-state index in [1.54, 1.807) is 7.11 Å². The minimum absolute atomic E-state index is 0.353. The van der Waals surface area contributed by atoms with E-state index in [0.717, 1.165) is 0 Å². The van der Waals surface area contributed by atoms with E-state index < -0.39 is 8.56 Å². The SMILES string of the molecule is C=Cc1ccccc1C(C)CO[Si](C)(C)OC. The molecule has 0 N–H and O–H groups in total. The van der Waals surface area contributed by atoms with Gasteiger partial charge in [-0.05, 0) is 24.2 Å². The molecule has 0 amide bonds. The molecule has 0 saturated heterocycles. The van der Waals surface area contributed by atoms with Crippen LogP contribution in [0.3, 0.4) is 0 Å². The van der Waals surface area contributed by atoms with Gasteiger partial charge in [0, 0.05) is 19.6 Å². The van der Waals surface area contributed by atoms with Crippen LogP contribution in [0.2, 0.25) is 13.1 Å². The molecule has 0 heterocycles. The molecule has 3 heteroatoms. The molecule has 0 radical (unpaired) electrons. The molecule has 0 fully saturated rings. The Labute approximate surface area is 106 Å². The van der Waals surface area contributed by atoms with E-state index in [2.05, 4.69) is 44.8 Å². The Balaban J connectivity index is 2.70. The van der Waals surface area contributed by atoms with Gasteiger partial charge in [-0.25, -0.2) is 0 Å². The van der Waals surface area contributed by atoms with Crippen LogP contribution < -0.4 is 0 Å². The number of hydrogen-bond donors (Lipinski definition) is 0. The fourth-order valence-corrected chi connectivity index (χ4v) is 2.39. The van der Waals surface area contributed by atoms with Crippen LogP contribution in [0.15, 0.2) is 30.8 Å². The molecule has 0 aliphatic rings. The second-order valence-corrected chi connectivity index (χ2v) is 8.15. The molecular formula is C14H22O2Si. The second-order valence-electron chi connectivity index (χ2n) is 4.65. The minimum atomic E-state index is -1.93. The van der Waals surface area contributed by atoms with Gasteiger partial charge in [-0.2, -0.15) is 0 Å². The highest BCUT2D eigenvalue weighted by atomic mass is 28.4. The summed E-state index contributed by atoms with van der Waals surface area (Å²) >= 11 is 0. The van der Waals surface area contributed by atoms with Crippen molar-refractivity contribution >= 4 is 14.6 Å². The zero-order valence-corrected chi connectivity index (χ0v) is 12.2. The quantitative estimate of drug-likeness (QED) is 0.715. The van der Waals surface area contributed by atoms with Gasteiger partial charge in [0.25, 0.3) is 0 Å². The van der Waals surface area contributed by atoms with Crippen molar-refractivity contribution in [2.24, 2.45) is 0 Å². The summed E-state index contributed by atoms with van der Waals surface area (Å²) in [5, 5.41) is 0. The van der Waals surface area contributed by atoms with E-state index in [1.165, 1.54) is 11.1 Å². The fraction of sp³-hybridized carbons (Fsp3) is 0.429. The smallest absolute Gasteiger partial charge is 0.331 e. The monoisotopic (exact) mass is 250 g/mol. The maximum atomic E-state index is 5.88. The van der Waals surface area contributed by atoms with Crippen molar-refractivity contribution < 1.29 is 8.85 Å². The first kappa shape index (κ1) is 14.2. The predicted octanol–water partition coefficient (Wildman–Crippen LogP) is 3.80. The van der Waals surface area contributed by atoms with Crippen LogP contribution in [0.4, 0.5) is 0 Å². The van der Waals surface area contributed by atoms with Gasteiger partial charge >= 0.3 is 8.56 Å². The van der Waals surface area contributed by atoms with Crippen LogP contribution >= 0.6 is 0 Å². The van der Waals surface area contributed by atoms with Gasteiger partial charge in [-0.1, -0.05) is 43.8 Å². The van der Waals surface area contributed by atoms with Crippen LogP contribution in [-0.2, 0) is 8.85 Å². The Bertz CT molecular complexity index is 374. The normalized spacial score (nSPS) is 13.4. The molecule has 17 heavy (non-hydrogen) atoms. The van der Waals surface area contributed by atoms with Gasteiger partial charge in [0.15, 0.2) is 0 Å². The lowest BCUT2D eigenvalue weighted by Gasteiger charge is -2.23. The molecule has 0 aromatic heterocycles. The van der Waals surface area contributed by atoms with Crippen LogP contribution in [0.25, 0.3) is 6.08 Å². The first-order valence-electron chi connectivity index (χ1n) is 5.90. The lowest BCUT2D eigenvalue weighted by molar-refractivity contribution is 0.200. The third kappa shape index (κ3) is 4.11. The third-order valence-corrected chi connectivity index (χ3v) is 4.76. The molecule has 0 spiro atoms. The summed E-state index contributed by atoms with van der Waals surface area (Å²) in [5.41, 5.74) is 2.46. The average Bonchev–Trinajstić information content (AvgIpc) is 2.36. The van der Waals surface area contributed by atoms with Crippen molar-refractivity contribution in [3.8, 4) is 0 Å². The Morgan fingerprint density at radius 2 is 2.00 bits per heavy atom. The highest BCUT2D eigenvalue weighted by molar-refractivity contribution is 6.64. The van der Waals surface area contributed by atoms with Crippen LogP contribution in [0, 0.1) is 0 Å². The molecule has 1 aromatic carbocycles. The lowest BCUT2D eigenvalue weighted by atomic mass is 9.96. The number of hydrogen-bond acceptors (Lipinski definition) is 2. The molecule has 0 aliphatic carbocycles. The van der Waals surface area contributed by atoms with E-state index in [4.69, 9.17) is 8.85 Å². The Hall–Kier alpha value is -0.903. The number of benzene rings is 1. The zero-order chi connectivity index (χ0) is 12.9. The zero-order valence-electron chi connectivity index (χ0n) is 11.2. The molecule has 1 rings (SSSR count). The van der Waals surface area contributed by atoms with Gasteiger partial charge < -0.3 is 8.85 Å². The molecule has 2 nitrogen and oxygen atoms in total. The summed E-state index contributed by atoms with van der Waals surface area (Å²) in [6, 6.07) is 8.30. The van der Waals surface area contributed by atoms with E-state index in [-0.39, 0.29) is 0 Å². The second kappa shape index (κ2) is 6.14. The standard InChI is InChI=1S/C14H22O2Si/c1-6-13-9-7-8-10-14(13)12(2)11-16-17(4,5)15-3/h6-10,12H,1,11H2,2-5H3. The maximum absolute atomic E-state index is 5.88. The van der Waals surface area contributed by atoms with Gasteiger partial charge in [0.05, 0.1) is 0 Å². The summed E-state index contributed by atoms with van der Waals surface area (Å²) < 4.78 is 11.3.